The van der Waals surface area contributed by atoms with E-state index in [1.54, 1.807) is 17.5 Å². The highest BCUT2D eigenvalue weighted by Crippen LogP contribution is 2.18. The molecule has 0 atom stereocenters. The molecule has 30 heavy (non-hydrogen) atoms. The van der Waals surface area contributed by atoms with Gasteiger partial charge in [0, 0.05) is 31.5 Å². The number of nitrogens with one attached hydrogen (secondary N) is 1. The first-order valence-corrected chi connectivity index (χ1v) is 9.41. The zero-order valence-electron chi connectivity index (χ0n) is 16.3. The molecule has 0 unspecified atom stereocenters. The Hall–Kier alpha value is -3.85. The number of amides is 1. The van der Waals surface area contributed by atoms with Crippen LogP contribution < -0.4 is 5.32 Å². The number of aryl methyl sites for hydroxylation is 1. The van der Waals surface area contributed by atoms with E-state index in [-0.39, 0.29) is 36.6 Å². The summed E-state index contributed by atoms with van der Waals surface area (Å²) < 4.78 is 3.17. The summed E-state index contributed by atoms with van der Waals surface area (Å²) in [5, 5.41) is 15.5. The number of Topliss-reactive ketones (excluding diaryl/α,β-unsaturated/α-hetero) is 1. The largest absolute Gasteiger partial charge is 0.395 e. The molecule has 152 valence electrons. The van der Waals surface area contributed by atoms with Crippen LogP contribution in [0.5, 0.6) is 0 Å². The summed E-state index contributed by atoms with van der Waals surface area (Å²) in [5.41, 5.74) is 2.68. The number of benzene rings is 1. The summed E-state index contributed by atoms with van der Waals surface area (Å²) in [6.07, 6.45) is 5.04. The molecular formula is C21H20N6O3. The molecule has 0 aliphatic rings. The van der Waals surface area contributed by atoms with Gasteiger partial charge in [-0.25, -0.2) is 9.97 Å². The molecule has 3 heterocycles. The van der Waals surface area contributed by atoms with Gasteiger partial charge in [0.1, 0.15) is 5.69 Å². The zero-order valence-corrected chi connectivity index (χ0v) is 16.3. The van der Waals surface area contributed by atoms with Gasteiger partial charge in [0.15, 0.2) is 5.78 Å². The SMILES string of the molecule is Cn1ncc(C(=O)NCCO)c1C(=O)Cc1ccn2cc(-c3ccccc3)nc2n1. The lowest BCUT2D eigenvalue weighted by Crippen LogP contribution is -2.28. The summed E-state index contributed by atoms with van der Waals surface area (Å²) in [6, 6.07) is 11.5. The number of carbonyl (C=O) groups is 2. The Morgan fingerprint density at radius 3 is 2.70 bits per heavy atom. The van der Waals surface area contributed by atoms with E-state index in [1.807, 2.05) is 42.7 Å². The van der Waals surface area contributed by atoms with Crippen molar-refractivity contribution < 1.29 is 14.7 Å². The van der Waals surface area contributed by atoms with Gasteiger partial charge in [-0.2, -0.15) is 5.10 Å². The fourth-order valence-electron chi connectivity index (χ4n) is 3.20. The van der Waals surface area contributed by atoms with Gasteiger partial charge in [-0.05, 0) is 6.07 Å². The molecule has 9 nitrogen and oxygen atoms in total. The Morgan fingerprint density at radius 2 is 1.93 bits per heavy atom. The van der Waals surface area contributed by atoms with Crippen molar-refractivity contribution in [2.75, 3.05) is 13.2 Å². The molecule has 3 aromatic heterocycles. The second-order valence-corrected chi connectivity index (χ2v) is 6.73. The zero-order chi connectivity index (χ0) is 21.1. The number of fused-ring (bicyclic) bond motifs is 1. The molecule has 0 aliphatic carbocycles. The summed E-state index contributed by atoms with van der Waals surface area (Å²) >= 11 is 0. The summed E-state index contributed by atoms with van der Waals surface area (Å²) in [5.74, 6) is -0.245. The van der Waals surface area contributed by atoms with Crippen LogP contribution >= 0.6 is 0 Å². The van der Waals surface area contributed by atoms with Crippen LogP contribution in [0.4, 0.5) is 0 Å². The van der Waals surface area contributed by atoms with Gasteiger partial charge in [0.05, 0.1) is 36.2 Å². The average molecular weight is 404 g/mol. The number of imidazole rings is 1. The lowest BCUT2D eigenvalue weighted by atomic mass is 10.1. The Bertz CT molecular complexity index is 1210. The fraction of sp³-hybridized carbons (Fsp3) is 0.190. The van der Waals surface area contributed by atoms with Gasteiger partial charge in [-0.1, -0.05) is 30.3 Å². The number of hydrogen-bond acceptors (Lipinski definition) is 6. The highest BCUT2D eigenvalue weighted by atomic mass is 16.3. The molecule has 0 saturated carbocycles. The van der Waals surface area contributed by atoms with Crippen LogP contribution in [0, 0.1) is 0 Å². The van der Waals surface area contributed by atoms with E-state index in [9.17, 15) is 9.59 Å². The van der Waals surface area contributed by atoms with Crippen LogP contribution in [0.25, 0.3) is 17.0 Å². The maximum Gasteiger partial charge on any atom is 0.255 e. The fourth-order valence-corrected chi connectivity index (χ4v) is 3.20. The molecule has 4 rings (SSSR count). The lowest BCUT2D eigenvalue weighted by molar-refractivity contribution is 0.0925. The van der Waals surface area contributed by atoms with Crippen LogP contribution in [0.1, 0.15) is 26.5 Å². The van der Waals surface area contributed by atoms with Crippen LogP contribution in [-0.2, 0) is 13.5 Å². The van der Waals surface area contributed by atoms with Gasteiger partial charge in [-0.15, -0.1) is 0 Å². The third-order valence-electron chi connectivity index (χ3n) is 4.64. The second-order valence-electron chi connectivity index (χ2n) is 6.73. The first-order chi connectivity index (χ1) is 14.6. The van der Waals surface area contributed by atoms with E-state index < -0.39 is 5.91 Å². The molecule has 1 aromatic carbocycles. The normalized spacial score (nSPS) is 11.0. The van der Waals surface area contributed by atoms with Crippen molar-refractivity contribution in [3.63, 3.8) is 0 Å². The standard InChI is InChI=1S/C21H20N6O3/c1-26-19(16(12-23-26)20(30)22-8-10-28)18(29)11-15-7-9-27-13-17(25-21(27)24-15)14-5-3-2-4-6-14/h2-7,9,12-13,28H,8,10-11H2,1H3,(H,22,30). The van der Waals surface area contributed by atoms with Gasteiger partial charge in [0.25, 0.3) is 5.91 Å². The van der Waals surface area contributed by atoms with E-state index >= 15 is 0 Å². The maximum atomic E-state index is 12.9. The van der Waals surface area contributed by atoms with Crippen molar-refractivity contribution in [3.05, 3.63) is 71.9 Å². The van der Waals surface area contributed by atoms with Crippen LogP contribution in [0.15, 0.2) is 55.0 Å². The number of carbonyl (C=O) groups excluding carboxylic acids is 2. The highest BCUT2D eigenvalue weighted by Gasteiger charge is 2.22. The third kappa shape index (κ3) is 3.83. The Labute approximate surface area is 172 Å². The number of aliphatic hydroxyl groups is 1. The van der Waals surface area contributed by atoms with Crippen molar-refractivity contribution in [2.45, 2.75) is 6.42 Å². The minimum absolute atomic E-state index is 0.00381. The predicted molar refractivity (Wildman–Crippen MR) is 109 cm³/mol. The van der Waals surface area contributed by atoms with E-state index in [0.717, 1.165) is 11.3 Å². The number of aromatic nitrogens is 5. The summed E-state index contributed by atoms with van der Waals surface area (Å²) in [7, 11) is 1.60. The number of hydrogen-bond donors (Lipinski definition) is 2. The molecule has 0 aliphatic heterocycles. The maximum absolute atomic E-state index is 12.9. The van der Waals surface area contributed by atoms with E-state index in [1.165, 1.54) is 10.9 Å². The van der Waals surface area contributed by atoms with E-state index in [2.05, 4.69) is 20.4 Å². The summed E-state index contributed by atoms with van der Waals surface area (Å²) in [6.45, 7) is -0.0856. The molecule has 4 aromatic rings. The molecule has 9 heteroatoms. The third-order valence-corrected chi connectivity index (χ3v) is 4.64. The van der Waals surface area contributed by atoms with Gasteiger partial charge in [-0.3, -0.25) is 18.7 Å². The lowest BCUT2D eigenvalue weighted by Gasteiger charge is -2.06. The first kappa shape index (κ1) is 19.5. The van der Waals surface area contributed by atoms with Crippen molar-refractivity contribution >= 4 is 17.5 Å². The average Bonchev–Trinajstić information content (AvgIpc) is 3.36. The number of rotatable bonds is 7. The topological polar surface area (TPSA) is 114 Å². The smallest absolute Gasteiger partial charge is 0.255 e. The van der Waals surface area contributed by atoms with Crippen molar-refractivity contribution in [2.24, 2.45) is 7.05 Å². The van der Waals surface area contributed by atoms with Gasteiger partial charge in [0.2, 0.25) is 5.78 Å². The number of aliphatic hydroxyl groups excluding tert-OH is 1. The van der Waals surface area contributed by atoms with Crippen molar-refractivity contribution in [1.82, 2.24) is 29.5 Å². The Kier molecular flexibility index (Phi) is 5.36. The van der Waals surface area contributed by atoms with Crippen LogP contribution in [-0.4, -0.2) is 54.1 Å². The van der Waals surface area contributed by atoms with Crippen LogP contribution in [0.3, 0.4) is 0 Å². The Balaban J connectivity index is 1.58. The van der Waals surface area contributed by atoms with Gasteiger partial charge >= 0.3 is 0 Å². The minimum Gasteiger partial charge on any atom is -0.395 e. The molecule has 0 bridgehead atoms. The number of nitrogens with zero attached hydrogens (tertiary/aromatic N) is 5. The van der Waals surface area contributed by atoms with Crippen molar-refractivity contribution in [3.8, 4) is 11.3 Å². The van der Waals surface area contributed by atoms with E-state index in [4.69, 9.17) is 5.11 Å². The highest BCUT2D eigenvalue weighted by molar-refractivity contribution is 6.07. The van der Waals surface area contributed by atoms with Crippen LogP contribution in [0.2, 0.25) is 0 Å². The van der Waals surface area contributed by atoms with E-state index in [0.29, 0.717) is 11.5 Å². The molecular weight excluding hydrogens is 384 g/mol. The molecule has 2 N–H and O–H groups in total. The van der Waals surface area contributed by atoms with Crippen molar-refractivity contribution in [1.29, 1.82) is 0 Å². The minimum atomic E-state index is -0.454. The molecule has 0 spiro atoms. The molecule has 0 fully saturated rings. The quantitative estimate of drug-likeness (QED) is 0.449. The molecule has 1 amide bonds. The summed E-state index contributed by atoms with van der Waals surface area (Å²) in [4.78, 5) is 34.2. The predicted octanol–water partition coefficient (Wildman–Crippen LogP) is 1.28. The molecule has 0 saturated heterocycles. The second kappa shape index (κ2) is 8.26. The van der Waals surface area contributed by atoms with Gasteiger partial charge < -0.3 is 10.4 Å². The Morgan fingerprint density at radius 1 is 1.13 bits per heavy atom. The number of ketones is 1. The monoisotopic (exact) mass is 404 g/mol. The molecule has 0 radical (unpaired) electrons. The first-order valence-electron chi connectivity index (χ1n) is 9.41.